The number of hydrogen-bond donors (Lipinski definition) is 1. The van der Waals surface area contributed by atoms with Gasteiger partial charge in [-0.15, -0.1) is 0 Å². The van der Waals surface area contributed by atoms with Gasteiger partial charge in [0.2, 0.25) is 0 Å². The van der Waals surface area contributed by atoms with Crippen LogP contribution in [0.15, 0.2) is 24.3 Å². The first-order chi connectivity index (χ1) is 9.11. The second-order valence-corrected chi connectivity index (χ2v) is 5.20. The number of halogens is 1. The van der Waals surface area contributed by atoms with E-state index in [0.29, 0.717) is 5.02 Å². The lowest BCUT2D eigenvalue weighted by Gasteiger charge is -2.37. The molecule has 0 amide bonds. The van der Waals surface area contributed by atoms with Gasteiger partial charge in [-0.1, -0.05) is 30.7 Å². The van der Waals surface area contributed by atoms with Gasteiger partial charge >= 0.3 is 5.97 Å². The summed E-state index contributed by atoms with van der Waals surface area (Å²) in [7, 11) is 0. The van der Waals surface area contributed by atoms with Crippen molar-refractivity contribution < 1.29 is 9.90 Å². The third kappa shape index (κ3) is 3.47. The molecule has 1 fully saturated rings. The van der Waals surface area contributed by atoms with Gasteiger partial charge in [-0.25, -0.2) is 0 Å². The summed E-state index contributed by atoms with van der Waals surface area (Å²) in [5.41, 5.74) is 0.793. The SMILES string of the molecule is CCN1CCN(C(C(=O)O)c2ccc(Cl)cc2)CC1. The Balaban J connectivity index is 2.13. The Bertz CT molecular complexity index is 428. The standard InChI is InChI=1S/C14H19ClN2O2/c1-2-16-7-9-17(10-8-16)13(14(18)19)11-3-5-12(15)6-4-11/h3-6,13H,2,7-10H2,1H3,(H,18,19). The molecule has 4 nitrogen and oxygen atoms in total. The van der Waals surface area contributed by atoms with E-state index >= 15 is 0 Å². The number of nitrogens with zero attached hydrogens (tertiary/aromatic N) is 2. The number of hydrogen-bond acceptors (Lipinski definition) is 3. The van der Waals surface area contributed by atoms with Crippen molar-refractivity contribution in [2.45, 2.75) is 13.0 Å². The fraction of sp³-hybridized carbons (Fsp3) is 0.500. The highest BCUT2D eigenvalue weighted by atomic mass is 35.5. The molecule has 19 heavy (non-hydrogen) atoms. The second-order valence-electron chi connectivity index (χ2n) is 4.76. The van der Waals surface area contributed by atoms with E-state index in [0.717, 1.165) is 38.3 Å². The largest absolute Gasteiger partial charge is 0.480 e. The van der Waals surface area contributed by atoms with E-state index in [1.807, 2.05) is 4.90 Å². The molecule has 104 valence electrons. The van der Waals surface area contributed by atoms with Crippen LogP contribution in [0.25, 0.3) is 0 Å². The molecule has 0 spiro atoms. The molecule has 0 aliphatic carbocycles. The molecule has 0 bridgehead atoms. The molecule has 1 heterocycles. The molecular weight excluding hydrogens is 264 g/mol. The Kier molecular flexibility index (Phi) is 4.80. The molecule has 1 N–H and O–H groups in total. The number of carbonyl (C=O) groups is 1. The summed E-state index contributed by atoms with van der Waals surface area (Å²) >= 11 is 5.85. The van der Waals surface area contributed by atoms with E-state index in [4.69, 9.17) is 11.6 Å². The highest BCUT2D eigenvalue weighted by Crippen LogP contribution is 2.24. The van der Waals surface area contributed by atoms with Crippen molar-refractivity contribution in [2.75, 3.05) is 32.7 Å². The van der Waals surface area contributed by atoms with Crippen LogP contribution in [0, 0.1) is 0 Å². The van der Waals surface area contributed by atoms with Crippen LogP contribution >= 0.6 is 11.6 Å². The van der Waals surface area contributed by atoms with Crippen LogP contribution in [0.3, 0.4) is 0 Å². The first-order valence-electron chi connectivity index (χ1n) is 6.56. The number of piperazine rings is 1. The lowest BCUT2D eigenvalue weighted by molar-refractivity contribution is -0.144. The quantitative estimate of drug-likeness (QED) is 0.919. The van der Waals surface area contributed by atoms with Gasteiger partial charge in [-0.05, 0) is 24.2 Å². The van der Waals surface area contributed by atoms with Gasteiger partial charge in [0.05, 0.1) is 0 Å². The molecule has 0 radical (unpaired) electrons. The van der Waals surface area contributed by atoms with Crippen LogP contribution < -0.4 is 0 Å². The summed E-state index contributed by atoms with van der Waals surface area (Å²) in [6.07, 6.45) is 0. The molecule has 1 atom stereocenters. The fourth-order valence-electron chi connectivity index (χ4n) is 2.49. The van der Waals surface area contributed by atoms with Crippen LogP contribution in [0.1, 0.15) is 18.5 Å². The number of aliphatic carboxylic acids is 1. The van der Waals surface area contributed by atoms with Crippen molar-refractivity contribution in [3.63, 3.8) is 0 Å². The van der Waals surface area contributed by atoms with E-state index < -0.39 is 12.0 Å². The van der Waals surface area contributed by atoms with Gasteiger partial charge < -0.3 is 10.0 Å². The molecule has 1 unspecified atom stereocenters. The summed E-state index contributed by atoms with van der Waals surface area (Å²) in [6.45, 7) is 6.57. The Morgan fingerprint density at radius 3 is 2.32 bits per heavy atom. The van der Waals surface area contributed by atoms with Crippen molar-refractivity contribution in [1.82, 2.24) is 9.80 Å². The topological polar surface area (TPSA) is 43.8 Å². The van der Waals surface area contributed by atoms with Crippen molar-refractivity contribution in [2.24, 2.45) is 0 Å². The van der Waals surface area contributed by atoms with Crippen LogP contribution in [-0.2, 0) is 4.79 Å². The highest BCUT2D eigenvalue weighted by Gasteiger charge is 2.29. The smallest absolute Gasteiger partial charge is 0.325 e. The maximum Gasteiger partial charge on any atom is 0.325 e. The number of carboxylic acid groups (broad SMARTS) is 1. The Hall–Kier alpha value is -1.10. The monoisotopic (exact) mass is 282 g/mol. The lowest BCUT2D eigenvalue weighted by atomic mass is 10.0. The summed E-state index contributed by atoms with van der Waals surface area (Å²) in [5, 5.41) is 10.1. The van der Waals surface area contributed by atoms with Crippen molar-refractivity contribution in [1.29, 1.82) is 0 Å². The minimum Gasteiger partial charge on any atom is -0.480 e. The third-order valence-corrected chi connectivity index (χ3v) is 3.89. The average molecular weight is 283 g/mol. The fourth-order valence-corrected chi connectivity index (χ4v) is 2.62. The normalized spacial score (nSPS) is 19.3. The summed E-state index contributed by atoms with van der Waals surface area (Å²) < 4.78 is 0. The number of carboxylic acids is 1. The van der Waals surface area contributed by atoms with E-state index in [1.54, 1.807) is 24.3 Å². The van der Waals surface area contributed by atoms with Gasteiger partial charge in [-0.3, -0.25) is 9.69 Å². The van der Waals surface area contributed by atoms with E-state index in [1.165, 1.54) is 0 Å². The van der Waals surface area contributed by atoms with Gasteiger partial charge in [-0.2, -0.15) is 0 Å². The molecule has 0 saturated carbocycles. The zero-order chi connectivity index (χ0) is 13.8. The molecule has 2 rings (SSSR count). The Labute approximate surface area is 118 Å². The second kappa shape index (κ2) is 6.37. The van der Waals surface area contributed by atoms with Crippen molar-refractivity contribution >= 4 is 17.6 Å². The maximum absolute atomic E-state index is 11.5. The predicted octanol–water partition coefficient (Wildman–Crippen LogP) is 2.10. The Morgan fingerprint density at radius 2 is 1.84 bits per heavy atom. The average Bonchev–Trinajstić information content (AvgIpc) is 2.42. The molecule has 1 saturated heterocycles. The first-order valence-corrected chi connectivity index (χ1v) is 6.94. The maximum atomic E-state index is 11.5. The minimum atomic E-state index is -0.799. The Morgan fingerprint density at radius 1 is 1.26 bits per heavy atom. The zero-order valence-electron chi connectivity index (χ0n) is 11.1. The lowest BCUT2D eigenvalue weighted by Crippen LogP contribution is -2.49. The van der Waals surface area contributed by atoms with Crippen LogP contribution in [0.2, 0.25) is 5.02 Å². The van der Waals surface area contributed by atoms with Crippen LogP contribution in [-0.4, -0.2) is 53.6 Å². The van der Waals surface area contributed by atoms with Gasteiger partial charge in [0.15, 0.2) is 0 Å². The molecule has 1 aromatic rings. The van der Waals surface area contributed by atoms with Crippen molar-refractivity contribution in [3.8, 4) is 0 Å². The van der Waals surface area contributed by atoms with Gasteiger partial charge in [0.25, 0.3) is 0 Å². The summed E-state index contributed by atoms with van der Waals surface area (Å²) in [5.74, 6) is -0.799. The molecule has 1 aliphatic rings. The zero-order valence-corrected chi connectivity index (χ0v) is 11.8. The van der Waals surface area contributed by atoms with Gasteiger partial charge in [0.1, 0.15) is 6.04 Å². The van der Waals surface area contributed by atoms with E-state index in [2.05, 4.69) is 11.8 Å². The van der Waals surface area contributed by atoms with Crippen LogP contribution in [0.5, 0.6) is 0 Å². The molecular formula is C14H19ClN2O2. The molecule has 0 aromatic heterocycles. The molecule has 1 aliphatic heterocycles. The van der Waals surface area contributed by atoms with Gasteiger partial charge in [0, 0.05) is 31.2 Å². The van der Waals surface area contributed by atoms with Crippen LogP contribution in [0.4, 0.5) is 0 Å². The summed E-state index contributed by atoms with van der Waals surface area (Å²) in [6, 6.07) is 6.52. The minimum absolute atomic E-state index is 0.573. The summed E-state index contributed by atoms with van der Waals surface area (Å²) in [4.78, 5) is 15.9. The predicted molar refractivity (Wildman–Crippen MR) is 75.5 cm³/mol. The number of likely N-dealkylation sites (N-methyl/N-ethyl adjacent to an activating group) is 1. The highest BCUT2D eigenvalue weighted by molar-refractivity contribution is 6.30. The molecule has 1 aromatic carbocycles. The molecule has 5 heteroatoms. The van der Waals surface area contributed by atoms with E-state index in [-0.39, 0.29) is 0 Å². The van der Waals surface area contributed by atoms with E-state index in [9.17, 15) is 9.90 Å². The van der Waals surface area contributed by atoms with Crippen molar-refractivity contribution in [3.05, 3.63) is 34.9 Å². The number of rotatable bonds is 4. The third-order valence-electron chi connectivity index (χ3n) is 3.64. The number of benzene rings is 1. The first kappa shape index (κ1) is 14.3.